The summed E-state index contributed by atoms with van der Waals surface area (Å²) in [5.41, 5.74) is 9.80. The van der Waals surface area contributed by atoms with Crippen LogP contribution in [0.5, 0.6) is 0 Å². The molecule has 0 bridgehead atoms. The molecule has 0 aliphatic heterocycles. The summed E-state index contributed by atoms with van der Waals surface area (Å²) in [6.07, 6.45) is 1.71. The van der Waals surface area contributed by atoms with Crippen LogP contribution < -0.4 is 11.1 Å². The van der Waals surface area contributed by atoms with Crippen molar-refractivity contribution in [3.63, 3.8) is 0 Å². The second kappa shape index (κ2) is 8.97. The number of carbonyl (C=O) groups is 1. The highest BCUT2D eigenvalue weighted by Crippen LogP contribution is 2.23. The summed E-state index contributed by atoms with van der Waals surface area (Å²) >= 11 is 0. The summed E-state index contributed by atoms with van der Waals surface area (Å²) in [7, 11) is 0. The Morgan fingerprint density at radius 1 is 0.846 bits per heavy atom. The van der Waals surface area contributed by atoms with Crippen LogP contribution in [0.15, 0.2) is 84.9 Å². The predicted molar refractivity (Wildman–Crippen MR) is 107 cm³/mol. The quantitative estimate of drug-likeness (QED) is 0.679. The van der Waals surface area contributed by atoms with E-state index < -0.39 is 0 Å². The SMILES string of the molecule is NC[C@@H](CCc1ccccc1)NC(=O)c1ccccc1-c1ccccc1. The molecule has 3 aromatic rings. The molecule has 3 aromatic carbocycles. The molecule has 3 N–H and O–H groups in total. The molecule has 0 spiro atoms. The first-order valence-electron chi connectivity index (χ1n) is 8.97. The fourth-order valence-electron chi connectivity index (χ4n) is 3.05. The third kappa shape index (κ3) is 4.58. The maximum absolute atomic E-state index is 12.9. The number of amides is 1. The lowest BCUT2D eigenvalue weighted by Crippen LogP contribution is -2.40. The van der Waals surface area contributed by atoms with Crippen LogP contribution in [0.4, 0.5) is 0 Å². The highest BCUT2D eigenvalue weighted by molar-refractivity contribution is 6.01. The van der Waals surface area contributed by atoms with Gasteiger partial charge in [-0.15, -0.1) is 0 Å². The minimum Gasteiger partial charge on any atom is -0.348 e. The number of hydrogen-bond acceptors (Lipinski definition) is 2. The van der Waals surface area contributed by atoms with Gasteiger partial charge in [0.2, 0.25) is 0 Å². The summed E-state index contributed by atoms with van der Waals surface area (Å²) in [4.78, 5) is 12.9. The first-order chi connectivity index (χ1) is 12.8. The van der Waals surface area contributed by atoms with Gasteiger partial charge in [0.15, 0.2) is 0 Å². The van der Waals surface area contributed by atoms with Gasteiger partial charge >= 0.3 is 0 Å². The minimum absolute atomic E-state index is 0.0495. The van der Waals surface area contributed by atoms with Crippen LogP contribution in [-0.2, 0) is 6.42 Å². The van der Waals surface area contributed by atoms with Crippen LogP contribution in [0.1, 0.15) is 22.3 Å². The van der Waals surface area contributed by atoms with Gasteiger partial charge in [-0.1, -0.05) is 78.9 Å². The van der Waals surface area contributed by atoms with Crippen molar-refractivity contribution in [3.8, 4) is 11.1 Å². The van der Waals surface area contributed by atoms with Crippen molar-refractivity contribution in [2.75, 3.05) is 6.54 Å². The van der Waals surface area contributed by atoms with E-state index in [4.69, 9.17) is 5.73 Å². The number of aryl methyl sites for hydroxylation is 1. The Balaban J connectivity index is 1.71. The molecule has 0 aliphatic carbocycles. The van der Waals surface area contributed by atoms with E-state index in [1.54, 1.807) is 0 Å². The number of hydrogen-bond donors (Lipinski definition) is 2. The van der Waals surface area contributed by atoms with E-state index in [-0.39, 0.29) is 11.9 Å². The smallest absolute Gasteiger partial charge is 0.252 e. The lowest BCUT2D eigenvalue weighted by molar-refractivity contribution is 0.0937. The molecule has 0 radical (unpaired) electrons. The molecule has 0 unspecified atom stereocenters. The number of nitrogens with two attached hydrogens (primary N) is 1. The van der Waals surface area contributed by atoms with Crippen molar-refractivity contribution in [2.45, 2.75) is 18.9 Å². The first kappa shape index (κ1) is 17.9. The van der Waals surface area contributed by atoms with Crippen LogP contribution in [0, 0.1) is 0 Å². The van der Waals surface area contributed by atoms with Crippen molar-refractivity contribution in [1.29, 1.82) is 0 Å². The lowest BCUT2D eigenvalue weighted by atomic mass is 9.98. The van der Waals surface area contributed by atoms with E-state index in [1.165, 1.54) is 5.56 Å². The molecule has 0 heterocycles. The van der Waals surface area contributed by atoms with E-state index in [1.807, 2.05) is 72.8 Å². The normalized spacial score (nSPS) is 11.7. The summed E-state index contributed by atoms with van der Waals surface area (Å²) in [5, 5.41) is 3.10. The van der Waals surface area contributed by atoms with E-state index >= 15 is 0 Å². The molecule has 1 amide bonds. The Morgan fingerprint density at radius 2 is 1.46 bits per heavy atom. The third-order valence-corrected chi connectivity index (χ3v) is 4.50. The largest absolute Gasteiger partial charge is 0.348 e. The van der Waals surface area contributed by atoms with Crippen LogP contribution >= 0.6 is 0 Å². The Kier molecular flexibility index (Phi) is 6.18. The number of carbonyl (C=O) groups excluding carboxylic acids is 1. The molecule has 0 saturated carbocycles. The molecule has 0 fully saturated rings. The second-order valence-electron chi connectivity index (χ2n) is 6.34. The predicted octanol–water partition coefficient (Wildman–Crippen LogP) is 4.04. The average Bonchev–Trinajstić information content (AvgIpc) is 2.72. The van der Waals surface area contributed by atoms with Gasteiger partial charge in [-0.25, -0.2) is 0 Å². The molecule has 3 nitrogen and oxygen atoms in total. The fraction of sp³-hybridized carbons (Fsp3) is 0.174. The van der Waals surface area contributed by atoms with Crippen molar-refractivity contribution < 1.29 is 4.79 Å². The van der Waals surface area contributed by atoms with E-state index in [0.717, 1.165) is 24.0 Å². The Morgan fingerprint density at radius 3 is 2.15 bits per heavy atom. The number of rotatable bonds is 7. The second-order valence-corrected chi connectivity index (χ2v) is 6.34. The molecule has 3 heteroatoms. The number of benzene rings is 3. The van der Waals surface area contributed by atoms with Gasteiger partial charge < -0.3 is 11.1 Å². The zero-order valence-electron chi connectivity index (χ0n) is 14.8. The number of nitrogens with one attached hydrogen (secondary N) is 1. The van der Waals surface area contributed by atoms with Gasteiger partial charge in [0.05, 0.1) is 0 Å². The first-order valence-corrected chi connectivity index (χ1v) is 8.97. The van der Waals surface area contributed by atoms with Crippen molar-refractivity contribution in [3.05, 3.63) is 96.1 Å². The highest BCUT2D eigenvalue weighted by Gasteiger charge is 2.16. The van der Waals surface area contributed by atoms with Gasteiger partial charge in [0.25, 0.3) is 5.91 Å². The topological polar surface area (TPSA) is 55.1 Å². The minimum atomic E-state index is -0.0760. The Bertz CT molecular complexity index is 831. The van der Waals surface area contributed by atoms with Gasteiger partial charge in [0, 0.05) is 18.2 Å². The summed E-state index contributed by atoms with van der Waals surface area (Å²) < 4.78 is 0. The Labute approximate surface area is 154 Å². The molecular formula is C23H24N2O. The molecule has 132 valence electrons. The fourth-order valence-corrected chi connectivity index (χ4v) is 3.05. The van der Waals surface area contributed by atoms with Crippen molar-refractivity contribution in [2.24, 2.45) is 5.73 Å². The van der Waals surface area contributed by atoms with E-state index in [2.05, 4.69) is 17.4 Å². The summed E-state index contributed by atoms with van der Waals surface area (Å²) in [6, 6.07) is 27.9. The molecule has 1 atom stereocenters. The van der Waals surface area contributed by atoms with Crippen LogP contribution in [-0.4, -0.2) is 18.5 Å². The molecule has 3 rings (SSSR count). The zero-order valence-corrected chi connectivity index (χ0v) is 14.8. The standard InChI is InChI=1S/C23H24N2O/c24-17-20(16-15-18-9-3-1-4-10-18)25-23(26)22-14-8-7-13-21(22)19-11-5-2-6-12-19/h1-14,20H,15-17,24H2,(H,25,26)/t20-/m1/s1. The average molecular weight is 344 g/mol. The van der Waals surface area contributed by atoms with E-state index in [9.17, 15) is 4.79 Å². The zero-order chi connectivity index (χ0) is 18.2. The van der Waals surface area contributed by atoms with Gasteiger partial charge in [0.1, 0.15) is 0 Å². The molecule has 26 heavy (non-hydrogen) atoms. The maximum atomic E-state index is 12.9. The highest BCUT2D eigenvalue weighted by atomic mass is 16.1. The third-order valence-electron chi connectivity index (χ3n) is 4.50. The van der Waals surface area contributed by atoms with Crippen molar-refractivity contribution in [1.82, 2.24) is 5.32 Å². The molecular weight excluding hydrogens is 320 g/mol. The van der Waals surface area contributed by atoms with E-state index in [0.29, 0.717) is 12.1 Å². The summed E-state index contributed by atoms with van der Waals surface area (Å²) in [6.45, 7) is 0.423. The Hall–Kier alpha value is -2.91. The maximum Gasteiger partial charge on any atom is 0.252 e. The van der Waals surface area contributed by atoms with Crippen LogP contribution in [0.2, 0.25) is 0 Å². The lowest BCUT2D eigenvalue weighted by Gasteiger charge is -2.18. The van der Waals surface area contributed by atoms with Crippen molar-refractivity contribution >= 4 is 5.91 Å². The van der Waals surface area contributed by atoms with Crippen LogP contribution in [0.3, 0.4) is 0 Å². The van der Waals surface area contributed by atoms with Gasteiger partial charge in [-0.05, 0) is 35.6 Å². The molecule has 0 aromatic heterocycles. The summed E-state index contributed by atoms with van der Waals surface area (Å²) in [5.74, 6) is -0.0760. The van der Waals surface area contributed by atoms with Gasteiger partial charge in [-0.3, -0.25) is 4.79 Å². The molecule has 0 saturated heterocycles. The molecule has 0 aliphatic rings. The monoisotopic (exact) mass is 344 g/mol. The van der Waals surface area contributed by atoms with Crippen LogP contribution in [0.25, 0.3) is 11.1 Å². The van der Waals surface area contributed by atoms with Gasteiger partial charge in [-0.2, -0.15) is 0 Å².